The Balaban J connectivity index is 1.77. The van der Waals surface area contributed by atoms with E-state index in [9.17, 15) is 14.7 Å². The normalized spacial score (nSPS) is 13.0. The molecule has 0 aromatic heterocycles. The first kappa shape index (κ1) is 20.5. The van der Waals surface area contributed by atoms with Crippen molar-refractivity contribution in [1.82, 2.24) is 0 Å². The highest BCUT2D eigenvalue weighted by Gasteiger charge is 2.15. The van der Waals surface area contributed by atoms with Crippen LogP contribution < -0.4 is 24.1 Å². The van der Waals surface area contributed by atoms with Crippen LogP contribution in [0.2, 0.25) is 5.02 Å². The van der Waals surface area contributed by atoms with Gasteiger partial charge >= 0.3 is 0 Å². The minimum atomic E-state index is -1.36. The molecule has 0 N–H and O–H groups in total. The lowest BCUT2D eigenvalue weighted by atomic mass is 10.1. The van der Waals surface area contributed by atoms with Crippen molar-refractivity contribution in [3.63, 3.8) is 0 Å². The third-order valence-corrected chi connectivity index (χ3v) is 4.33. The van der Waals surface area contributed by atoms with Crippen LogP contribution in [0.4, 0.5) is 0 Å². The van der Waals surface area contributed by atoms with Gasteiger partial charge in [-0.25, -0.2) is 0 Å². The Hall–Kier alpha value is -3.19. The van der Waals surface area contributed by atoms with Gasteiger partial charge in [0.1, 0.15) is 6.61 Å². The van der Waals surface area contributed by atoms with E-state index in [1.807, 2.05) is 0 Å². The fourth-order valence-corrected chi connectivity index (χ4v) is 2.97. The van der Waals surface area contributed by atoms with Crippen LogP contribution in [0.5, 0.6) is 23.0 Å². The van der Waals surface area contributed by atoms with Gasteiger partial charge in [0.25, 0.3) is 0 Å². The van der Waals surface area contributed by atoms with Gasteiger partial charge in [0.05, 0.1) is 31.3 Å². The molecule has 1 aliphatic rings. The molecule has 0 spiro atoms. The fraction of sp³-hybridized carbons (Fsp3) is 0.238. The van der Waals surface area contributed by atoms with Crippen molar-refractivity contribution in [3.8, 4) is 23.0 Å². The highest BCUT2D eigenvalue weighted by molar-refractivity contribution is 6.32. The molecule has 2 aromatic carbocycles. The lowest BCUT2D eigenvalue weighted by Crippen LogP contribution is -2.29. The van der Waals surface area contributed by atoms with Crippen LogP contribution in [0.25, 0.3) is 6.08 Å². The Morgan fingerprint density at radius 3 is 2.72 bits per heavy atom. The summed E-state index contributed by atoms with van der Waals surface area (Å²) in [5.74, 6) is -0.152. The van der Waals surface area contributed by atoms with E-state index in [2.05, 4.69) is 0 Å². The average molecular weight is 418 g/mol. The van der Waals surface area contributed by atoms with E-state index in [-0.39, 0.29) is 17.3 Å². The maximum Gasteiger partial charge on any atom is 0.185 e. The van der Waals surface area contributed by atoms with Crippen LogP contribution in [-0.4, -0.2) is 38.7 Å². The standard InChI is InChI=1S/C21H19ClO7/c1-26-18-11-14(4-6-17(18)29-12-20(24)25)16(23)5-3-13-9-15(22)21-19(10-13)27-7-2-8-28-21/h3-6,9-11H,2,7-8,12H2,1H3,(H,24,25)/p-1/b5-3+. The molecule has 0 saturated heterocycles. The van der Waals surface area contributed by atoms with Crippen LogP contribution in [0.15, 0.2) is 36.4 Å². The van der Waals surface area contributed by atoms with Crippen molar-refractivity contribution in [1.29, 1.82) is 0 Å². The molecule has 29 heavy (non-hydrogen) atoms. The number of carboxylic acids is 1. The van der Waals surface area contributed by atoms with Crippen molar-refractivity contribution in [2.24, 2.45) is 0 Å². The fourth-order valence-electron chi connectivity index (χ4n) is 2.69. The summed E-state index contributed by atoms with van der Waals surface area (Å²) in [5.41, 5.74) is 1.04. The topological polar surface area (TPSA) is 94.1 Å². The van der Waals surface area contributed by atoms with Crippen LogP contribution >= 0.6 is 11.6 Å². The van der Waals surface area contributed by atoms with Crippen molar-refractivity contribution in [2.75, 3.05) is 26.9 Å². The van der Waals surface area contributed by atoms with Gasteiger partial charge < -0.3 is 28.8 Å². The highest BCUT2D eigenvalue weighted by Crippen LogP contribution is 2.38. The molecule has 0 unspecified atom stereocenters. The van der Waals surface area contributed by atoms with Crippen molar-refractivity contribution >= 4 is 29.4 Å². The third-order valence-electron chi connectivity index (χ3n) is 4.05. The molecule has 0 bridgehead atoms. The SMILES string of the molecule is COc1cc(C(=O)/C=C/c2cc(Cl)c3c(c2)OCCCO3)ccc1OCC(=O)[O-]. The van der Waals surface area contributed by atoms with Gasteiger partial charge in [-0.2, -0.15) is 0 Å². The Morgan fingerprint density at radius 1 is 1.17 bits per heavy atom. The maximum atomic E-state index is 12.5. The Kier molecular flexibility index (Phi) is 6.61. The highest BCUT2D eigenvalue weighted by atomic mass is 35.5. The molecule has 8 heteroatoms. The molecular formula is C21H18ClO7-. The first-order valence-corrected chi connectivity index (χ1v) is 9.18. The van der Waals surface area contributed by atoms with E-state index in [4.69, 9.17) is 30.5 Å². The molecule has 0 fully saturated rings. The monoisotopic (exact) mass is 417 g/mol. The number of ketones is 1. The molecule has 2 aromatic rings. The Morgan fingerprint density at radius 2 is 1.97 bits per heavy atom. The molecule has 7 nitrogen and oxygen atoms in total. The predicted octanol–water partition coefficient (Wildman–Crippen LogP) is 2.53. The zero-order valence-electron chi connectivity index (χ0n) is 15.6. The Labute approximate surface area is 172 Å². The summed E-state index contributed by atoms with van der Waals surface area (Å²) in [4.78, 5) is 23.0. The molecule has 0 radical (unpaired) electrons. The van der Waals surface area contributed by atoms with E-state index in [0.29, 0.717) is 40.9 Å². The molecule has 0 aliphatic carbocycles. The van der Waals surface area contributed by atoms with E-state index in [1.54, 1.807) is 18.2 Å². The van der Waals surface area contributed by atoms with Crippen molar-refractivity contribution in [3.05, 3.63) is 52.6 Å². The number of hydrogen-bond acceptors (Lipinski definition) is 7. The number of aliphatic carboxylic acids is 1. The summed E-state index contributed by atoms with van der Waals surface area (Å²) in [7, 11) is 1.39. The summed E-state index contributed by atoms with van der Waals surface area (Å²) in [6, 6.07) is 7.90. The van der Waals surface area contributed by atoms with Gasteiger partial charge in [-0.15, -0.1) is 0 Å². The number of ether oxygens (including phenoxy) is 4. The lowest BCUT2D eigenvalue weighted by Gasteiger charge is -2.12. The van der Waals surface area contributed by atoms with E-state index >= 15 is 0 Å². The predicted molar refractivity (Wildman–Crippen MR) is 104 cm³/mol. The number of carboxylic acid groups (broad SMARTS) is 1. The first-order valence-electron chi connectivity index (χ1n) is 8.80. The molecule has 1 aliphatic heterocycles. The molecule has 152 valence electrons. The smallest absolute Gasteiger partial charge is 0.185 e. The van der Waals surface area contributed by atoms with Gasteiger partial charge in [-0.1, -0.05) is 17.7 Å². The van der Waals surface area contributed by atoms with Crippen molar-refractivity contribution in [2.45, 2.75) is 6.42 Å². The molecule has 0 saturated carbocycles. The quantitative estimate of drug-likeness (QED) is 0.504. The lowest BCUT2D eigenvalue weighted by molar-refractivity contribution is -0.307. The summed E-state index contributed by atoms with van der Waals surface area (Å²) in [6.07, 6.45) is 3.78. The van der Waals surface area contributed by atoms with Gasteiger partial charge in [0.15, 0.2) is 28.8 Å². The molecule has 3 rings (SSSR count). The number of benzene rings is 2. The van der Waals surface area contributed by atoms with E-state index in [0.717, 1.165) is 6.42 Å². The molecular weight excluding hydrogens is 400 g/mol. The number of halogens is 1. The minimum absolute atomic E-state index is 0.201. The number of carbonyl (C=O) groups excluding carboxylic acids is 2. The van der Waals surface area contributed by atoms with Crippen LogP contribution in [0.3, 0.4) is 0 Å². The van der Waals surface area contributed by atoms with Gasteiger partial charge in [-0.05, 0) is 42.0 Å². The molecule has 0 atom stereocenters. The van der Waals surface area contributed by atoms with Crippen molar-refractivity contribution < 1.29 is 33.6 Å². The first-order chi connectivity index (χ1) is 14.0. The van der Waals surface area contributed by atoms with Gasteiger partial charge in [0.2, 0.25) is 0 Å². The average Bonchev–Trinajstić information content (AvgIpc) is 2.96. The number of fused-ring (bicyclic) bond motifs is 1. The maximum absolute atomic E-state index is 12.5. The Bertz CT molecular complexity index is 952. The van der Waals surface area contributed by atoms with Crippen LogP contribution in [-0.2, 0) is 4.79 Å². The summed E-state index contributed by atoms with van der Waals surface area (Å²) in [6.45, 7) is 0.445. The van der Waals surface area contributed by atoms with Crippen LogP contribution in [0, 0.1) is 0 Å². The number of carbonyl (C=O) groups is 2. The number of allylic oxidation sites excluding steroid dienone is 1. The number of rotatable bonds is 7. The van der Waals surface area contributed by atoms with E-state index < -0.39 is 12.6 Å². The summed E-state index contributed by atoms with van der Waals surface area (Å²) in [5, 5.41) is 10.9. The third kappa shape index (κ3) is 5.20. The summed E-state index contributed by atoms with van der Waals surface area (Å²) < 4.78 is 21.5. The largest absolute Gasteiger partial charge is 0.546 e. The molecule has 1 heterocycles. The van der Waals surface area contributed by atoms with Crippen LogP contribution in [0.1, 0.15) is 22.3 Å². The van der Waals surface area contributed by atoms with Gasteiger partial charge in [-0.3, -0.25) is 4.79 Å². The van der Waals surface area contributed by atoms with E-state index in [1.165, 1.54) is 31.4 Å². The second-order valence-electron chi connectivity index (χ2n) is 6.10. The zero-order chi connectivity index (χ0) is 20.8. The number of methoxy groups -OCH3 is 1. The molecule has 0 amide bonds. The second kappa shape index (κ2) is 9.34. The van der Waals surface area contributed by atoms with Gasteiger partial charge in [0, 0.05) is 12.0 Å². The summed E-state index contributed by atoms with van der Waals surface area (Å²) >= 11 is 6.26. The second-order valence-corrected chi connectivity index (χ2v) is 6.51. The minimum Gasteiger partial charge on any atom is -0.546 e. The zero-order valence-corrected chi connectivity index (χ0v) is 16.4. The number of hydrogen-bond donors (Lipinski definition) is 0.